The van der Waals surface area contributed by atoms with Gasteiger partial charge in [-0.05, 0) is 61.8 Å². The van der Waals surface area contributed by atoms with Crippen molar-refractivity contribution in [2.45, 2.75) is 76.7 Å². The van der Waals surface area contributed by atoms with E-state index in [1.807, 2.05) is 19.1 Å². The lowest BCUT2D eigenvalue weighted by molar-refractivity contribution is -0.0347. The van der Waals surface area contributed by atoms with Gasteiger partial charge in [0.2, 0.25) is 5.95 Å². The lowest BCUT2D eigenvalue weighted by Gasteiger charge is -2.37. The highest BCUT2D eigenvalue weighted by molar-refractivity contribution is 7.10. The summed E-state index contributed by atoms with van der Waals surface area (Å²) in [6, 6.07) is 15.4. The molecule has 3 aromatic heterocycles. The van der Waals surface area contributed by atoms with Crippen molar-refractivity contribution in [1.82, 2.24) is 24.2 Å². The van der Waals surface area contributed by atoms with Crippen LogP contribution in [0.2, 0.25) is 0 Å². The molecule has 0 atom stereocenters. The number of aryl methyl sites for hydroxylation is 1. The number of nitrogens with zero attached hydrogens (tertiary/aromatic N) is 4. The molecule has 3 N–H and O–H groups in total. The van der Waals surface area contributed by atoms with Gasteiger partial charge in [-0.15, -0.1) is 0 Å². The summed E-state index contributed by atoms with van der Waals surface area (Å²) < 4.78 is 17.9. The molecular formula is C31H41N7O2S. The van der Waals surface area contributed by atoms with Crippen LogP contribution in [0.15, 0.2) is 48.7 Å². The maximum Gasteiger partial charge on any atom is 0.230 e. The highest BCUT2D eigenvalue weighted by atomic mass is 32.1. The summed E-state index contributed by atoms with van der Waals surface area (Å²) in [5.74, 6) is 1.55. The van der Waals surface area contributed by atoms with E-state index in [1.54, 1.807) is 0 Å². The quantitative estimate of drug-likeness (QED) is 0.228. The van der Waals surface area contributed by atoms with Gasteiger partial charge < -0.3 is 30.0 Å². The van der Waals surface area contributed by atoms with Crippen LogP contribution in [0, 0.1) is 6.92 Å². The first-order valence-electron chi connectivity index (χ1n) is 15.0. The van der Waals surface area contributed by atoms with Gasteiger partial charge in [-0.1, -0.05) is 49.6 Å². The Labute approximate surface area is 246 Å². The van der Waals surface area contributed by atoms with E-state index in [-0.39, 0.29) is 0 Å². The molecule has 2 aliphatic carbocycles. The van der Waals surface area contributed by atoms with Crippen LogP contribution in [0.4, 0.5) is 16.8 Å². The number of anilines is 3. The molecule has 0 radical (unpaired) electrons. The number of nitrogens with one attached hydrogen (secondary N) is 3. The molecule has 1 saturated heterocycles. The first kappa shape index (κ1) is 28.1. The third-order valence-electron chi connectivity index (χ3n) is 8.01. The van der Waals surface area contributed by atoms with Gasteiger partial charge in [0.1, 0.15) is 10.5 Å². The van der Waals surface area contributed by atoms with Crippen molar-refractivity contribution in [3.05, 3.63) is 59.9 Å². The number of aromatic nitrogens is 4. The SMILES string of the molecule is C1COCCN1.Cc1cc(Nc2nc(NC3CCCCC3)c3c(ccn3C3CC(OCc4ccccc4)C3)n2)sn1. The second-order valence-electron chi connectivity index (χ2n) is 11.2. The van der Waals surface area contributed by atoms with Gasteiger partial charge in [-0.3, -0.25) is 0 Å². The molecule has 218 valence electrons. The Morgan fingerprint density at radius 1 is 1.05 bits per heavy atom. The molecule has 4 heterocycles. The molecule has 1 aromatic carbocycles. The standard InChI is InChI=1S/C27H32N6OS.C4H9NO/c1-18-14-24(35-32-18)30-27-29-23-12-13-33(25(23)26(31-27)28-20-10-6-3-7-11-20)21-15-22(16-21)34-17-19-8-4-2-5-9-19;1-3-6-4-2-5-1/h2,4-5,8-9,12-14,20-22H,3,6-7,10-11,15-17H2,1H3,(H2,28,29,30,31);5H,1-4H2. The molecule has 0 unspecified atom stereocenters. The average molecular weight is 576 g/mol. The second kappa shape index (κ2) is 13.7. The Balaban J connectivity index is 0.000000449. The summed E-state index contributed by atoms with van der Waals surface area (Å²) in [7, 11) is 0. The highest BCUT2D eigenvalue weighted by Gasteiger charge is 2.33. The molecule has 0 spiro atoms. The number of morpholine rings is 1. The van der Waals surface area contributed by atoms with Gasteiger partial charge in [0.25, 0.3) is 0 Å². The van der Waals surface area contributed by atoms with E-state index in [0.29, 0.717) is 30.7 Å². The molecule has 7 rings (SSSR count). The van der Waals surface area contributed by atoms with Crippen molar-refractivity contribution in [3.8, 4) is 0 Å². The Morgan fingerprint density at radius 2 is 1.85 bits per heavy atom. The van der Waals surface area contributed by atoms with E-state index >= 15 is 0 Å². The average Bonchev–Trinajstić information content (AvgIpc) is 3.60. The minimum Gasteiger partial charge on any atom is -0.379 e. The van der Waals surface area contributed by atoms with Gasteiger partial charge in [0.15, 0.2) is 5.82 Å². The minimum absolute atomic E-state index is 0.295. The first-order valence-corrected chi connectivity index (χ1v) is 15.8. The predicted molar refractivity (Wildman–Crippen MR) is 165 cm³/mol. The zero-order valence-corrected chi connectivity index (χ0v) is 24.7. The lowest BCUT2D eigenvalue weighted by Crippen LogP contribution is -2.33. The summed E-state index contributed by atoms with van der Waals surface area (Å²) in [5, 5.41) is 11.3. The van der Waals surface area contributed by atoms with Crippen molar-refractivity contribution in [1.29, 1.82) is 0 Å². The molecule has 1 aliphatic heterocycles. The summed E-state index contributed by atoms with van der Waals surface area (Å²) in [5.41, 5.74) is 4.30. The van der Waals surface area contributed by atoms with Gasteiger partial charge in [-0.25, -0.2) is 4.98 Å². The zero-order chi connectivity index (χ0) is 27.9. The summed E-state index contributed by atoms with van der Waals surface area (Å²) in [6.07, 6.45) is 10.8. The molecule has 4 aromatic rings. The molecule has 9 nitrogen and oxygen atoms in total. The Kier molecular flexibility index (Phi) is 9.41. The third-order valence-corrected chi connectivity index (χ3v) is 8.81. The number of hydrogen-bond donors (Lipinski definition) is 3. The van der Waals surface area contributed by atoms with Crippen molar-refractivity contribution in [2.75, 3.05) is 36.9 Å². The second-order valence-corrected chi connectivity index (χ2v) is 12.0. The van der Waals surface area contributed by atoms with Crippen LogP contribution in [0.1, 0.15) is 62.2 Å². The molecule has 3 aliphatic rings. The number of ether oxygens (including phenoxy) is 2. The third kappa shape index (κ3) is 7.43. The van der Waals surface area contributed by atoms with E-state index in [4.69, 9.17) is 19.4 Å². The molecule has 2 saturated carbocycles. The van der Waals surface area contributed by atoms with Crippen LogP contribution >= 0.6 is 11.5 Å². The molecule has 10 heteroatoms. The van der Waals surface area contributed by atoms with Crippen molar-refractivity contribution < 1.29 is 9.47 Å². The fourth-order valence-corrected chi connectivity index (χ4v) is 6.36. The van der Waals surface area contributed by atoms with Gasteiger partial charge >= 0.3 is 0 Å². The summed E-state index contributed by atoms with van der Waals surface area (Å²) in [6.45, 7) is 6.51. The highest BCUT2D eigenvalue weighted by Crippen LogP contribution is 2.39. The number of benzene rings is 1. The topological polar surface area (TPSA) is 98.2 Å². The van der Waals surface area contributed by atoms with Crippen LogP contribution in [-0.4, -0.2) is 57.4 Å². The van der Waals surface area contributed by atoms with Crippen LogP contribution in [0.5, 0.6) is 0 Å². The van der Waals surface area contributed by atoms with Crippen LogP contribution in [0.25, 0.3) is 11.0 Å². The van der Waals surface area contributed by atoms with Gasteiger partial charge in [0.05, 0.1) is 37.1 Å². The van der Waals surface area contributed by atoms with E-state index in [2.05, 4.69) is 61.4 Å². The number of rotatable bonds is 8. The lowest BCUT2D eigenvalue weighted by atomic mass is 9.89. The Morgan fingerprint density at radius 3 is 2.54 bits per heavy atom. The smallest absolute Gasteiger partial charge is 0.230 e. The van der Waals surface area contributed by atoms with E-state index in [9.17, 15) is 0 Å². The van der Waals surface area contributed by atoms with E-state index < -0.39 is 0 Å². The Bertz CT molecular complexity index is 1360. The van der Waals surface area contributed by atoms with Gasteiger partial charge in [0, 0.05) is 31.4 Å². The predicted octanol–water partition coefficient (Wildman–Crippen LogP) is 6.21. The van der Waals surface area contributed by atoms with Crippen LogP contribution in [-0.2, 0) is 16.1 Å². The van der Waals surface area contributed by atoms with Crippen LogP contribution < -0.4 is 16.0 Å². The zero-order valence-electron chi connectivity index (χ0n) is 23.8. The fourth-order valence-electron chi connectivity index (χ4n) is 5.71. The summed E-state index contributed by atoms with van der Waals surface area (Å²) in [4.78, 5) is 9.82. The Hall–Kier alpha value is -3.05. The maximum atomic E-state index is 6.17. The molecule has 0 amide bonds. The maximum absolute atomic E-state index is 6.17. The monoisotopic (exact) mass is 575 g/mol. The largest absolute Gasteiger partial charge is 0.379 e. The van der Waals surface area contributed by atoms with Gasteiger partial charge in [-0.2, -0.15) is 9.36 Å². The van der Waals surface area contributed by atoms with Crippen molar-refractivity contribution >= 4 is 39.3 Å². The van der Waals surface area contributed by atoms with Crippen molar-refractivity contribution in [3.63, 3.8) is 0 Å². The normalized spacial score (nSPS) is 21.1. The van der Waals surface area contributed by atoms with E-state index in [0.717, 1.165) is 66.7 Å². The van der Waals surface area contributed by atoms with E-state index in [1.165, 1.54) is 49.2 Å². The van der Waals surface area contributed by atoms with Crippen LogP contribution in [0.3, 0.4) is 0 Å². The number of fused-ring (bicyclic) bond motifs is 1. The molecule has 0 bridgehead atoms. The molecule has 41 heavy (non-hydrogen) atoms. The van der Waals surface area contributed by atoms with Crippen molar-refractivity contribution in [2.24, 2.45) is 0 Å². The fraction of sp³-hybridized carbons (Fsp3) is 0.516. The summed E-state index contributed by atoms with van der Waals surface area (Å²) >= 11 is 1.44. The number of hydrogen-bond acceptors (Lipinski definition) is 9. The first-order chi connectivity index (χ1) is 20.2. The molecular weight excluding hydrogens is 534 g/mol. The molecule has 3 fully saturated rings. The minimum atomic E-state index is 0.295.